The number of rotatable bonds is 3. The maximum atomic E-state index is 12.7. The molecule has 24 heavy (non-hydrogen) atoms. The van der Waals surface area contributed by atoms with Crippen molar-refractivity contribution in [1.29, 1.82) is 0 Å². The molecule has 0 radical (unpaired) electrons. The van der Waals surface area contributed by atoms with Crippen LogP contribution in [0.3, 0.4) is 0 Å². The van der Waals surface area contributed by atoms with Gasteiger partial charge in [-0.3, -0.25) is 10.1 Å². The molecule has 0 heterocycles. The van der Waals surface area contributed by atoms with E-state index in [-0.39, 0.29) is 10.8 Å². The molecular formula is C17H15F3N2OS. The first-order chi connectivity index (χ1) is 11.3. The quantitative estimate of drug-likeness (QED) is 0.805. The number of halogens is 3. The third-order valence-electron chi connectivity index (χ3n) is 3.30. The summed E-state index contributed by atoms with van der Waals surface area (Å²) in [5.41, 5.74) is 0.866. The summed E-state index contributed by atoms with van der Waals surface area (Å²) in [6, 6.07) is 11.6. The van der Waals surface area contributed by atoms with E-state index in [0.29, 0.717) is 5.56 Å². The molecule has 126 valence electrons. The lowest BCUT2D eigenvalue weighted by Crippen LogP contribution is -2.34. The van der Waals surface area contributed by atoms with Gasteiger partial charge in [0.15, 0.2) is 5.11 Å². The summed E-state index contributed by atoms with van der Waals surface area (Å²) >= 11 is 4.97. The number of carbonyl (C=O) groups excluding carboxylic acids is 1. The van der Waals surface area contributed by atoms with Crippen molar-refractivity contribution in [3.05, 3.63) is 65.2 Å². The second-order valence-corrected chi connectivity index (χ2v) is 5.45. The molecule has 0 aliphatic heterocycles. The molecule has 0 atom stereocenters. The van der Waals surface area contributed by atoms with E-state index in [1.165, 1.54) is 12.1 Å². The van der Waals surface area contributed by atoms with Gasteiger partial charge in [0.2, 0.25) is 0 Å². The summed E-state index contributed by atoms with van der Waals surface area (Å²) in [5, 5.41) is 4.95. The van der Waals surface area contributed by atoms with E-state index in [1.54, 1.807) is 12.1 Å². The third-order valence-corrected chi connectivity index (χ3v) is 3.50. The van der Waals surface area contributed by atoms with Crippen LogP contribution in [0.2, 0.25) is 0 Å². The lowest BCUT2D eigenvalue weighted by molar-refractivity contribution is -0.137. The lowest BCUT2D eigenvalue weighted by Gasteiger charge is -2.12. The Kier molecular flexibility index (Phi) is 5.56. The van der Waals surface area contributed by atoms with Crippen molar-refractivity contribution in [3.8, 4) is 0 Å². The van der Waals surface area contributed by atoms with Crippen molar-refractivity contribution >= 4 is 28.9 Å². The number of hydrogen-bond donors (Lipinski definition) is 2. The van der Waals surface area contributed by atoms with Gasteiger partial charge in [-0.15, -0.1) is 0 Å². The molecule has 0 aromatic heterocycles. The van der Waals surface area contributed by atoms with Crippen LogP contribution in [-0.4, -0.2) is 11.0 Å². The number of nitrogens with one attached hydrogen (secondary N) is 2. The first-order valence-corrected chi connectivity index (χ1v) is 7.59. The van der Waals surface area contributed by atoms with Gasteiger partial charge < -0.3 is 5.32 Å². The monoisotopic (exact) mass is 352 g/mol. The first kappa shape index (κ1) is 17.9. The van der Waals surface area contributed by atoms with Gasteiger partial charge in [-0.2, -0.15) is 13.2 Å². The molecular weight excluding hydrogens is 337 g/mol. The molecule has 2 aromatic rings. The van der Waals surface area contributed by atoms with E-state index in [0.717, 1.165) is 24.1 Å². The van der Waals surface area contributed by atoms with E-state index in [9.17, 15) is 18.0 Å². The van der Waals surface area contributed by atoms with Gasteiger partial charge in [-0.1, -0.05) is 25.1 Å². The second-order valence-electron chi connectivity index (χ2n) is 5.04. The lowest BCUT2D eigenvalue weighted by atomic mass is 10.1. The Labute approximate surface area is 142 Å². The van der Waals surface area contributed by atoms with Crippen LogP contribution in [0, 0.1) is 0 Å². The number of anilines is 1. The summed E-state index contributed by atoms with van der Waals surface area (Å²) in [6.45, 7) is 2.00. The zero-order valence-electron chi connectivity index (χ0n) is 12.8. The highest BCUT2D eigenvalue weighted by Crippen LogP contribution is 2.30. The van der Waals surface area contributed by atoms with Crippen LogP contribution in [0.15, 0.2) is 48.5 Å². The summed E-state index contributed by atoms with van der Waals surface area (Å²) in [5.74, 6) is -0.429. The highest BCUT2D eigenvalue weighted by atomic mass is 32.1. The topological polar surface area (TPSA) is 41.1 Å². The fourth-order valence-electron chi connectivity index (χ4n) is 2.00. The van der Waals surface area contributed by atoms with Crippen LogP contribution in [-0.2, 0) is 12.6 Å². The Morgan fingerprint density at radius 1 is 1.12 bits per heavy atom. The minimum atomic E-state index is -4.44. The van der Waals surface area contributed by atoms with Gasteiger partial charge in [0.25, 0.3) is 5.91 Å². The molecule has 0 aliphatic carbocycles. The molecule has 0 bridgehead atoms. The van der Waals surface area contributed by atoms with Crippen LogP contribution in [0.4, 0.5) is 18.9 Å². The third kappa shape index (κ3) is 4.79. The summed E-state index contributed by atoms with van der Waals surface area (Å²) in [4.78, 5) is 12.1. The fraction of sp³-hybridized carbons (Fsp3) is 0.176. The minimum Gasteiger partial charge on any atom is -0.332 e. The maximum Gasteiger partial charge on any atom is 0.416 e. The molecule has 0 aliphatic rings. The molecule has 0 saturated heterocycles. The van der Waals surface area contributed by atoms with Gasteiger partial charge in [-0.25, -0.2) is 0 Å². The van der Waals surface area contributed by atoms with Gasteiger partial charge in [0.05, 0.1) is 5.56 Å². The van der Waals surface area contributed by atoms with Crippen LogP contribution in [0.5, 0.6) is 0 Å². The van der Waals surface area contributed by atoms with Crippen molar-refractivity contribution in [2.45, 2.75) is 19.5 Å². The number of alkyl halides is 3. The number of amides is 1. The van der Waals surface area contributed by atoms with Crippen molar-refractivity contribution in [2.75, 3.05) is 5.32 Å². The second kappa shape index (κ2) is 7.44. The Morgan fingerprint density at radius 2 is 1.79 bits per heavy atom. The van der Waals surface area contributed by atoms with Crippen LogP contribution in [0.1, 0.15) is 28.4 Å². The molecule has 0 unspecified atom stereocenters. The van der Waals surface area contributed by atoms with Crippen molar-refractivity contribution in [1.82, 2.24) is 5.32 Å². The Balaban J connectivity index is 2.01. The molecule has 2 rings (SSSR count). The minimum absolute atomic E-state index is 0.0705. The number of thiocarbonyl (C=S) groups is 1. The average Bonchev–Trinajstić information content (AvgIpc) is 2.54. The zero-order valence-corrected chi connectivity index (χ0v) is 13.6. The largest absolute Gasteiger partial charge is 0.416 e. The van der Waals surface area contributed by atoms with Gasteiger partial charge in [0.1, 0.15) is 0 Å². The van der Waals surface area contributed by atoms with Crippen molar-refractivity contribution < 1.29 is 18.0 Å². The molecule has 0 spiro atoms. The molecule has 0 saturated carbocycles. The summed E-state index contributed by atoms with van der Waals surface area (Å²) in [6.07, 6.45) is -3.58. The Morgan fingerprint density at radius 3 is 2.38 bits per heavy atom. The van der Waals surface area contributed by atoms with E-state index < -0.39 is 17.6 Å². The summed E-state index contributed by atoms with van der Waals surface area (Å²) in [7, 11) is 0. The number of aryl methyl sites for hydroxylation is 1. The first-order valence-electron chi connectivity index (χ1n) is 7.18. The standard InChI is InChI=1S/C17H15F3N2OS/c1-2-11-6-8-12(9-7-11)15(23)22-16(24)21-14-5-3-4-13(10-14)17(18,19)20/h3-10H,2H2,1H3,(H2,21,22,23,24). The highest BCUT2D eigenvalue weighted by molar-refractivity contribution is 7.80. The molecule has 3 nitrogen and oxygen atoms in total. The predicted octanol–water partition coefficient (Wildman–Crippen LogP) is 4.39. The number of benzene rings is 2. The SMILES string of the molecule is CCc1ccc(C(=O)NC(=S)Nc2cccc(C(F)(F)F)c2)cc1. The normalized spacial score (nSPS) is 11.0. The Hall–Kier alpha value is -2.41. The molecule has 2 N–H and O–H groups in total. The fourth-order valence-corrected chi connectivity index (χ4v) is 2.21. The summed E-state index contributed by atoms with van der Waals surface area (Å²) < 4.78 is 38.0. The van der Waals surface area contributed by atoms with Crippen LogP contribution >= 0.6 is 12.2 Å². The van der Waals surface area contributed by atoms with Gasteiger partial charge in [-0.05, 0) is 54.5 Å². The smallest absolute Gasteiger partial charge is 0.332 e. The maximum absolute atomic E-state index is 12.7. The van der Waals surface area contributed by atoms with E-state index in [4.69, 9.17) is 12.2 Å². The van der Waals surface area contributed by atoms with Gasteiger partial charge in [0, 0.05) is 11.3 Å². The van der Waals surface area contributed by atoms with E-state index in [2.05, 4.69) is 10.6 Å². The molecule has 2 aromatic carbocycles. The average molecular weight is 352 g/mol. The number of carbonyl (C=O) groups is 1. The van der Waals surface area contributed by atoms with E-state index >= 15 is 0 Å². The van der Waals surface area contributed by atoms with E-state index in [1.807, 2.05) is 19.1 Å². The van der Waals surface area contributed by atoms with Gasteiger partial charge >= 0.3 is 6.18 Å². The van der Waals surface area contributed by atoms with Crippen molar-refractivity contribution in [2.24, 2.45) is 0 Å². The zero-order chi connectivity index (χ0) is 17.7. The van der Waals surface area contributed by atoms with Crippen LogP contribution in [0.25, 0.3) is 0 Å². The Bertz CT molecular complexity index is 742. The van der Waals surface area contributed by atoms with Crippen LogP contribution < -0.4 is 10.6 Å². The molecule has 7 heteroatoms. The molecule has 0 fully saturated rings. The predicted molar refractivity (Wildman–Crippen MR) is 91.0 cm³/mol. The number of hydrogen-bond acceptors (Lipinski definition) is 2. The molecule has 1 amide bonds. The van der Waals surface area contributed by atoms with Crippen molar-refractivity contribution in [3.63, 3.8) is 0 Å². The highest BCUT2D eigenvalue weighted by Gasteiger charge is 2.30.